The van der Waals surface area contributed by atoms with Gasteiger partial charge in [-0.15, -0.1) is 0 Å². The van der Waals surface area contributed by atoms with E-state index in [1.807, 2.05) is 13.0 Å². The maximum atomic E-state index is 13.3. The lowest BCUT2D eigenvalue weighted by molar-refractivity contribution is 0.451. The molecular weight excluding hydrogens is 255 g/mol. The molecule has 1 aromatic heterocycles. The SMILES string of the molecule is Cc1ccc(F)cc1Oc1nc2c(cc1C#N)CCC2. The lowest BCUT2D eigenvalue weighted by atomic mass is 10.1. The van der Waals surface area contributed by atoms with Crippen LogP contribution in [0, 0.1) is 24.1 Å². The van der Waals surface area contributed by atoms with Crippen LogP contribution in [-0.4, -0.2) is 4.98 Å². The van der Waals surface area contributed by atoms with Gasteiger partial charge in [0.2, 0.25) is 5.88 Å². The molecule has 0 saturated carbocycles. The molecule has 0 spiro atoms. The minimum atomic E-state index is -0.370. The van der Waals surface area contributed by atoms with Crippen molar-refractivity contribution in [2.24, 2.45) is 0 Å². The lowest BCUT2D eigenvalue weighted by Crippen LogP contribution is -1.98. The number of rotatable bonds is 2. The fraction of sp³-hybridized carbons (Fsp3) is 0.250. The van der Waals surface area contributed by atoms with Crippen molar-refractivity contribution in [1.82, 2.24) is 4.98 Å². The van der Waals surface area contributed by atoms with Gasteiger partial charge >= 0.3 is 0 Å². The van der Waals surface area contributed by atoms with Crippen LogP contribution in [0.25, 0.3) is 0 Å². The molecule has 2 aromatic rings. The Morgan fingerprint density at radius 3 is 2.95 bits per heavy atom. The third-order valence-corrected chi connectivity index (χ3v) is 3.49. The Morgan fingerprint density at radius 1 is 1.30 bits per heavy atom. The van der Waals surface area contributed by atoms with Gasteiger partial charge in [0.05, 0.1) is 0 Å². The third kappa shape index (κ3) is 2.23. The van der Waals surface area contributed by atoms with Crippen molar-refractivity contribution in [3.05, 3.63) is 52.5 Å². The second kappa shape index (κ2) is 4.93. The van der Waals surface area contributed by atoms with Crippen LogP contribution < -0.4 is 4.74 Å². The largest absolute Gasteiger partial charge is 0.437 e. The quantitative estimate of drug-likeness (QED) is 0.834. The molecule has 3 rings (SSSR count). The van der Waals surface area contributed by atoms with E-state index < -0.39 is 0 Å². The molecule has 0 N–H and O–H groups in total. The van der Waals surface area contributed by atoms with E-state index in [0.717, 1.165) is 36.1 Å². The number of aromatic nitrogens is 1. The summed E-state index contributed by atoms with van der Waals surface area (Å²) in [5.41, 5.74) is 3.30. The molecule has 1 aliphatic rings. The summed E-state index contributed by atoms with van der Waals surface area (Å²) in [6.45, 7) is 1.83. The molecule has 0 radical (unpaired) electrons. The summed E-state index contributed by atoms with van der Waals surface area (Å²) in [7, 11) is 0. The first kappa shape index (κ1) is 12.6. The van der Waals surface area contributed by atoms with Gasteiger partial charge in [0.1, 0.15) is 23.2 Å². The second-order valence-corrected chi connectivity index (χ2v) is 4.92. The number of hydrogen-bond acceptors (Lipinski definition) is 3. The highest BCUT2D eigenvalue weighted by Crippen LogP contribution is 2.30. The third-order valence-electron chi connectivity index (χ3n) is 3.49. The maximum Gasteiger partial charge on any atom is 0.237 e. The van der Waals surface area contributed by atoms with E-state index in [9.17, 15) is 9.65 Å². The number of pyridine rings is 1. The molecule has 0 fully saturated rings. The molecule has 4 heteroatoms. The number of aryl methyl sites for hydroxylation is 3. The van der Waals surface area contributed by atoms with Crippen molar-refractivity contribution in [2.75, 3.05) is 0 Å². The number of halogens is 1. The maximum absolute atomic E-state index is 13.3. The van der Waals surface area contributed by atoms with Crippen LogP contribution >= 0.6 is 0 Å². The van der Waals surface area contributed by atoms with Crippen LogP contribution in [0.5, 0.6) is 11.6 Å². The number of hydrogen-bond donors (Lipinski definition) is 0. The monoisotopic (exact) mass is 268 g/mol. The fourth-order valence-electron chi connectivity index (χ4n) is 2.40. The first-order chi connectivity index (χ1) is 9.67. The summed E-state index contributed by atoms with van der Waals surface area (Å²) in [5.74, 6) is 0.291. The summed E-state index contributed by atoms with van der Waals surface area (Å²) in [4.78, 5) is 4.42. The molecule has 0 amide bonds. The zero-order valence-corrected chi connectivity index (χ0v) is 11.1. The van der Waals surface area contributed by atoms with Gasteiger partial charge in [0.25, 0.3) is 0 Å². The van der Waals surface area contributed by atoms with Crippen LogP contribution in [0.3, 0.4) is 0 Å². The van der Waals surface area contributed by atoms with Crippen LogP contribution in [-0.2, 0) is 12.8 Å². The average Bonchev–Trinajstić information content (AvgIpc) is 2.89. The van der Waals surface area contributed by atoms with E-state index in [2.05, 4.69) is 11.1 Å². The fourth-order valence-corrected chi connectivity index (χ4v) is 2.40. The Hall–Kier alpha value is -2.41. The smallest absolute Gasteiger partial charge is 0.237 e. The summed E-state index contributed by atoms with van der Waals surface area (Å²) in [5, 5.41) is 9.21. The van der Waals surface area contributed by atoms with Crippen molar-refractivity contribution in [3.8, 4) is 17.7 Å². The Bertz CT molecular complexity index is 719. The average molecular weight is 268 g/mol. The van der Waals surface area contributed by atoms with Gasteiger partial charge in [-0.25, -0.2) is 9.37 Å². The first-order valence-electron chi connectivity index (χ1n) is 6.54. The standard InChI is InChI=1S/C16H13FN2O/c1-10-5-6-13(17)8-15(10)20-16-12(9-18)7-11-3-2-4-14(11)19-16/h5-8H,2-4H2,1H3. The van der Waals surface area contributed by atoms with Gasteiger partial charge < -0.3 is 4.74 Å². The Kier molecular flexibility index (Phi) is 3.11. The van der Waals surface area contributed by atoms with Gasteiger partial charge in [-0.2, -0.15) is 5.26 Å². The normalized spacial score (nSPS) is 12.8. The molecule has 0 bridgehead atoms. The van der Waals surface area contributed by atoms with E-state index in [0.29, 0.717) is 11.3 Å². The van der Waals surface area contributed by atoms with Gasteiger partial charge in [-0.3, -0.25) is 0 Å². The molecule has 100 valence electrons. The number of ether oxygens (including phenoxy) is 1. The summed E-state index contributed by atoms with van der Waals surface area (Å²) < 4.78 is 19.0. The zero-order valence-electron chi connectivity index (χ0n) is 11.1. The van der Waals surface area contributed by atoms with E-state index in [1.54, 1.807) is 6.07 Å². The van der Waals surface area contributed by atoms with Gasteiger partial charge in [-0.1, -0.05) is 6.07 Å². The second-order valence-electron chi connectivity index (χ2n) is 4.92. The van der Waals surface area contributed by atoms with Crippen molar-refractivity contribution in [2.45, 2.75) is 26.2 Å². The van der Waals surface area contributed by atoms with Crippen LogP contribution in [0.2, 0.25) is 0 Å². The van der Waals surface area contributed by atoms with E-state index in [4.69, 9.17) is 4.74 Å². The first-order valence-corrected chi connectivity index (χ1v) is 6.54. The molecular formula is C16H13FN2O. The van der Waals surface area contributed by atoms with Crippen LogP contribution in [0.4, 0.5) is 4.39 Å². The predicted molar refractivity (Wildman–Crippen MR) is 72.2 cm³/mol. The Morgan fingerprint density at radius 2 is 2.15 bits per heavy atom. The minimum absolute atomic E-state index is 0.266. The molecule has 0 saturated heterocycles. The summed E-state index contributed by atoms with van der Waals surface area (Å²) in [6.07, 6.45) is 2.91. The van der Waals surface area contributed by atoms with Gasteiger partial charge in [0.15, 0.2) is 0 Å². The van der Waals surface area contributed by atoms with Crippen molar-refractivity contribution in [3.63, 3.8) is 0 Å². The number of nitriles is 1. The van der Waals surface area contributed by atoms with Crippen molar-refractivity contribution >= 4 is 0 Å². The lowest BCUT2D eigenvalue weighted by Gasteiger charge is -2.10. The molecule has 3 nitrogen and oxygen atoms in total. The topological polar surface area (TPSA) is 45.9 Å². The molecule has 1 aromatic carbocycles. The van der Waals surface area contributed by atoms with E-state index in [-0.39, 0.29) is 11.7 Å². The molecule has 1 aliphatic carbocycles. The minimum Gasteiger partial charge on any atom is -0.437 e. The van der Waals surface area contributed by atoms with Crippen molar-refractivity contribution in [1.29, 1.82) is 5.26 Å². The highest BCUT2D eigenvalue weighted by molar-refractivity contribution is 5.46. The van der Waals surface area contributed by atoms with E-state index in [1.165, 1.54) is 12.1 Å². The summed E-state index contributed by atoms with van der Waals surface area (Å²) in [6, 6.07) is 8.26. The molecule has 1 heterocycles. The molecule has 0 atom stereocenters. The Balaban J connectivity index is 2.02. The predicted octanol–water partition coefficient (Wildman–Crippen LogP) is 3.68. The number of benzene rings is 1. The van der Waals surface area contributed by atoms with Gasteiger partial charge in [-0.05, 0) is 49.4 Å². The highest BCUT2D eigenvalue weighted by Gasteiger charge is 2.18. The van der Waals surface area contributed by atoms with Crippen LogP contribution in [0.15, 0.2) is 24.3 Å². The van der Waals surface area contributed by atoms with Crippen LogP contribution in [0.1, 0.15) is 28.8 Å². The molecule has 0 aliphatic heterocycles. The van der Waals surface area contributed by atoms with Crippen molar-refractivity contribution < 1.29 is 9.13 Å². The zero-order chi connectivity index (χ0) is 14.1. The number of fused-ring (bicyclic) bond motifs is 1. The molecule has 20 heavy (non-hydrogen) atoms. The Labute approximate surface area is 116 Å². The molecule has 0 unspecified atom stereocenters. The van der Waals surface area contributed by atoms with E-state index >= 15 is 0 Å². The summed E-state index contributed by atoms with van der Waals surface area (Å²) >= 11 is 0. The van der Waals surface area contributed by atoms with Gasteiger partial charge in [0, 0.05) is 11.8 Å². The number of nitrogens with zero attached hydrogens (tertiary/aromatic N) is 2. The highest BCUT2D eigenvalue weighted by atomic mass is 19.1.